The van der Waals surface area contributed by atoms with E-state index in [1.165, 1.54) is 30.3 Å². The number of hydrogen-bond acceptors (Lipinski definition) is 5. The molecule has 0 aromatic carbocycles. The van der Waals surface area contributed by atoms with Crippen molar-refractivity contribution in [1.82, 2.24) is 14.3 Å². The average molecular weight is 285 g/mol. The molecule has 19 heavy (non-hydrogen) atoms. The molecule has 0 aliphatic heterocycles. The Bertz CT molecular complexity index is 643. The molecule has 2 rings (SSSR count). The molecule has 0 radical (unpaired) electrons. The molecule has 2 aromatic rings. The lowest BCUT2D eigenvalue weighted by atomic mass is 10.1. The van der Waals surface area contributed by atoms with Gasteiger partial charge in [0.25, 0.3) is 10.0 Å². The van der Waals surface area contributed by atoms with Crippen molar-refractivity contribution >= 4 is 10.0 Å². The minimum absolute atomic E-state index is 0.0924. The van der Waals surface area contributed by atoms with Gasteiger partial charge in [-0.2, -0.15) is 0 Å². The predicted molar refractivity (Wildman–Crippen MR) is 66.7 cm³/mol. The molecular weight excluding hydrogens is 270 g/mol. The number of nitrogens with one attached hydrogen (secondary N) is 1. The Balaban J connectivity index is 2.10. The number of imidazole rings is 1. The molecule has 0 amide bonds. The summed E-state index contributed by atoms with van der Waals surface area (Å²) in [4.78, 5) is 3.76. The van der Waals surface area contributed by atoms with Crippen LogP contribution in [0, 0.1) is 0 Å². The van der Waals surface area contributed by atoms with Gasteiger partial charge in [-0.25, -0.2) is 18.1 Å². The Hall–Kier alpha value is -1.64. The zero-order chi connectivity index (χ0) is 14.1. The first kappa shape index (κ1) is 13.8. The average Bonchev–Trinajstić information content (AvgIpc) is 2.97. The number of rotatable bonds is 5. The Morgan fingerprint density at radius 2 is 2.32 bits per heavy atom. The van der Waals surface area contributed by atoms with Crippen LogP contribution in [0.4, 0.5) is 0 Å². The standard InChI is InChI=1S/C11H15N3O4S/c1-11(15,9-4-3-5-18-9)7-13-19(16,17)10-6-14(2)8-12-10/h3-6,8,13,15H,7H2,1-2H3/t11-/m0/s1. The summed E-state index contributed by atoms with van der Waals surface area (Å²) in [7, 11) is -2.08. The molecule has 0 aliphatic carbocycles. The van der Waals surface area contributed by atoms with Crippen molar-refractivity contribution in [2.75, 3.05) is 6.54 Å². The third-order valence-electron chi connectivity index (χ3n) is 2.61. The second-order valence-corrected chi connectivity index (χ2v) is 6.17. The summed E-state index contributed by atoms with van der Waals surface area (Å²) in [5.41, 5.74) is -1.43. The molecule has 2 N–H and O–H groups in total. The lowest BCUT2D eigenvalue weighted by molar-refractivity contribution is 0.0395. The van der Waals surface area contributed by atoms with Gasteiger partial charge in [-0.05, 0) is 19.1 Å². The van der Waals surface area contributed by atoms with Crippen LogP contribution in [0.25, 0.3) is 0 Å². The van der Waals surface area contributed by atoms with Gasteiger partial charge in [-0.15, -0.1) is 0 Å². The third-order valence-corrected chi connectivity index (χ3v) is 3.90. The summed E-state index contributed by atoms with van der Waals surface area (Å²) < 4.78 is 32.8. The van der Waals surface area contributed by atoms with E-state index in [2.05, 4.69) is 9.71 Å². The van der Waals surface area contributed by atoms with Crippen molar-refractivity contribution < 1.29 is 17.9 Å². The maximum atomic E-state index is 11.9. The fraction of sp³-hybridized carbons (Fsp3) is 0.364. The van der Waals surface area contributed by atoms with Crippen molar-refractivity contribution in [2.45, 2.75) is 17.6 Å². The molecule has 0 unspecified atom stereocenters. The van der Waals surface area contributed by atoms with Crippen molar-refractivity contribution in [2.24, 2.45) is 7.05 Å². The van der Waals surface area contributed by atoms with E-state index in [-0.39, 0.29) is 17.3 Å². The second kappa shape index (κ2) is 4.80. The SMILES string of the molecule is Cn1cnc(S(=O)(=O)NC[C@](C)(O)c2ccco2)c1. The van der Waals surface area contributed by atoms with Crippen LogP contribution in [0.15, 0.2) is 40.4 Å². The minimum Gasteiger partial charge on any atom is -0.466 e. The second-order valence-electron chi connectivity index (χ2n) is 4.45. The zero-order valence-corrected chi connectivity index (χ0v) is 11.4. The van der Waals surface area contributed by atoms with Crippen LogP contribution >= 0.6 is 0 Å². The number of aromatic nitrogens is 2. The summed E-state index contributed by atoms with van der Waals surface area (Å²) in [6.45, 7) is 1.26. The lowest BCUT2D eigenvalue weighted by Crippen LogP contribution is -2.38. The van der Waals surface area contributed by atoms with Crippen molar-refractivity contribution in [3.8, 4) is 0 Å². The lowest BCUT2D eigenvalue weighted by Gasteiger charge is -2.20. The normalized spacial score (nSPS) is 15.3. The van der Waals surface area contributed by atoms with Crippen LogP contribution in [-0.4, -0.2) is 29.6 Å². The molecule has 2 heterocycles. The minimum atomic E-state index is -3.75. The molecule has 0 saturated heterocycles. The molecule has 1 atom stereocenters. The van der Waals surface area contributed by atoms with E-state index in [0.717, 1.165) is 0 Å². The largest absolute Gasteiger partial charge is 0.466 e. The van der Waals surface area contributed by atoms with E-state index in [4.69, 9.17) is 4.42 Å². The van der Waals surface area contributed by atoms with E-state index in [9.17, 15) is 13.5 Å². The van der Waals surface area contributed by atoms with Gasteiger partial charge in [0.15, 0.2) is 5.03 Å². The third kappa shape index (κ3) is 3.03. The number of nitrogens with zero attached hydrogens (tertiary/aromatic N) is 2. The summed E-state index contributed by atoms with van der Waals surface area (Å²) >= 11 is 0. The summed E-state index contributed by atoms with van der Waals surface area (Å²) in [6, 6.07) is 3.20. The Labute approximate surface area is 110 Å². The first-order chi connectivity index (χ1) is 8.81. The van der Waals surface area contributed by atoms with Gasteiger partial charge in [0.05, 0.1) is 12.6 Å². The quantitative estimate of drug-likeness (QED) is 0.818. The summed E-state index contributed by atoms with van der Waals surface area (Å²) in [5.74, 6) is 0.288. The van der Waals surface area contributed by atoms with E-state index in [1.54, 1.807) is 19.2 Å². The van der Waals surface area contributed by atoms with Crippen molar-refractivity contribution in [3.05, 3.63) is 36.7 Å². The number of sulfonamides is 1. The Morgan fingerprint density at radius 3 is 2.84 bits per heavy atom. The highest BCUT2D eigenvalue weighted by molar-refractivity contribution is 7.89. The predicted octanol–water partition coefficient (Wildman–Crippen LogP) is 0.199. The van der Waals surface area contributed by atoms with Crippen LogP contribution in [0.2, 0.25) is 0 Å². The highest BCUT2D eigenvalue weighted by Gasteiger charge is 2.29. The van der Waals surface area contributed by atoms with Gasteiger partial charge in [-0.1, -0.05) is 0 Å². The molecule has 0 aliphatic rings. The van der Waals surface area contributed by atoms with E-state index < -0.39 is 15.6 Å². The highest BCUT2D eigenvalue weighted by Crippen LogP contribution is 2.20. The summed E-state index contributed by atoms with van der Waals surface area (Å²) in [5, 5.41) is 10.1. The van der Waals surface area contributed by atoms with Crippen LogP contribution in [0.1, 0.15) is 12.7 Å². The maximum Gasteiger partial charge on any atom is 0.259 e. The zero-order valence-electron chi connectivity index (χ0n) is 10.6. The van der Waals surface area contributed by atoms with E-state index in [1.807, 2.05) is 0 Å². The Morgan fingerprint density at radius 1 is 1.58 bits per heavy atom. The van der Waals surface area contributed by atoms with Gasteiger partial charge >= 0.3 is 0 Å². The molecule has 0 spiro atoms. The van der Waals surface area contributed by atoms with Crippen LogP contribution in [0.3, 0.4) is 0 Å². The molecule has 8 heteroatoms. The van der Waals surface area contributed by atoms with E-state index >= 15 is 0 Å². The molecule has 0 saturated carbocycles. The van der Waals surface area contributed by atoms with Gasteiger partial charge in [0, 0.05) is 19.8 Å². The molecule has 2 aromatic heterocycles. The first-order valence-corrected chi connectivity index (χ1v) is 7.03. The van der Waals surface area contributed by atoms with Crippen LogP contribution in [-0.2, 0) is 22.7 Å². The van der Waals surface area contributed by atoms with Crippen molar-refractivity contribution in [3.63, 3.8) is 0 Å². The number of hydrogen-bond donors (Lipinski definition) is 2. The van der Waals surface area contributed by atoms with Crippen LogP contribution in [0.5, 0.6) is 0 Å². The molecule has 104 valence electrons. The summed E-state index contributed by atoms with van der Waals surface area (Å²) in [6.07, 6.45) is 4.18. The maximum absolute atomic E-state index is 11.9. The fourth-order valence-electron chi connectivity index (χ4n) is 1.51. The molecule has 0 fully saturated rings. The number of furan rings is 1. The fourth-order valence-corrected chi connectivity index (χ4v) is 2.62. The highest BCUT2D eigenvalue weighted by atomic mass is 32.2. The van der Waals surface area contributed by atoms with Crippen LogP contribution < -0.4 is 4.72 Å². The monoisotopic (exact) mass is 285 g/mol. The van der Waals surface area contributed by atoms with Crippen molar-refractivity contribution in [1.29, 1.82) is 0 Å². The van der Waals surface area contributed by atoms with Gasteiger partial charge in [0.2, 0.25) is 0 Å². The van der Waals surface area contributed by atoms with Gasteiger partial charge in [0.1, 0.15) is 11.4 Å². The Kier molecular flexibility index (Phi) is 3.48. The molecule has 0 bridgehead atoms. The first-order valence-electron chi connectivity index (χ1n) is 5.55. The molecular formula is C11H15N3O4S. The molecule has 7 nitrogen and oxygen atoms in total. The van der Waals surface area contributed by atoms with Gasteiger partial charge in [-0.3, -0.25) is 0 Å². The number of aliphatic hydroxyl groups is 1. The van der Waals surface area contributed by atoms with E-state index in [0.29, 0.717) is 0 Å². The number of aryl methyl sites for hydroxylation is 1. The van der Waals surface area contributed by atoms with Gasteiger partial charge < -0.3 is 14.1 Å². The topological polar surface area (TPSA) is 97.4 Å². The smallest absolute Gasteiger partial charge is 0.259 e.